The number of nitrogens with zero attached hydrogens (tertiary/aromatic N) is 2. The molecule has 5 nitrogen and oxygen atoms in total. The minimum absolute atomic E-state index is 0.225. The van der Waals surface area contributed by atoms with Crippen LogP contribution in [0.15, 0.2) is 16.4 Å². The van der Waals surface area contributed by atoms with Crippen LogP contribution in [0.25, 0.3) is 0 Å². The van der Waals surface area contributed by atoms with Crippen LogP contribution in [0.5, 0.6) is 0 Å². The lowest BCUT2D eigenvalue weighted by Gasteiger charge is -2.27. The molecule has 0 unspecified atom stereocenters. The maximum atomic E-state index is 12.1. The quantitative estimate of drug-likeness (QED) is 0.850. The third-order valence-electron chi connectivity index (χ3n) is 3.47. The van der Waals surface area contributed by atoms with Crippen LogP contribution in [0.3, 0.4) is 0 Å². The Bertz CT molecular complexity index is 497. The molecule has 0 radical (unpaired) electrons. The van der Waals surface area contributed by atoms with E-state index in [0.29, 0.717) is 13.0 Å². The Kier molecular flexibility index (Phi) is 3.68. The van der Waals surface area contributed by atoms with E-state index in [1.807, 2.05) is 4.90 Å². The molecule has 0 fully saturated rings. The highest BCUT2D eigenvalue weighted by atomic mass is 32.1. The summed E-state index contributed by atoms with van der Waals surface area (Å²) in [5.74, 6) is 1.05. The number of amides is 1. The molecule has 1 aromatic rings. The Morgan fingerprint density at radius 1 is 1.58 bits per heavy atom. The number of hydrogen-bond acceptors (Lipinski definition) is 5. The van der Waals surface area contributed by atoms with Crippen LogP contribution in [0, 0.1) is 0 Å². The van der Waals surface area contributed by atoms with Gasteiger partial charge in [0.1, 0.15) is 0 Å². The summed E-state index contributed by atoms with van der Waals surface area (Å²) in [6.07, 6.45) is 1.53. The Morgan fingerprint density at radius 2 is 2.53 bits per heavy atom. The molecule has 1 aromatic heterocycles. The molecule has 3 heterocycles. The van der Waals surface area contributed by atoms with E-state index in [0.717, 1.165) is 38.6 Å². The van der Waals surface area contributed by atoms with Gasteiger partial charge in [-0.1, -0.05) is 0 Å². The number of aliphatic imine (C=N–C) groups is 1. The molecule has 19 heavy (non-hydrogen) atoms. The van der Waals surface area contributed by atoms with Gasteiger partial charge in [0.25, 0.3) is 0 Å². The molecule has 0 bridgehead atoms. The average molecular weight is 278 g/mol. The van der Waals surface area contributed by atoms with E-state index in [9.17, 15) is 4.79 Å². The zero-order valence-electron chi connectivity index (χ0n) is 10.8. The lowest BCUT2D eigenvalue weighted by molar-refractivity contribution is -0.131. The molecule has 2 aliphatic rings. The SMILES string of the molecule is O=C(CCNC1=NCCN1)N1CCc2sccc2C1. The lowest BCUT2D eigenvalue weighted by atomic mass is 10.1. The summed E-state index contributed by atoms with van der Waals surface area (Å²) >= 11 is 1.80. The van der Waals surface area contributed by atoms with E-state index in [1.54, 1.807) is 11.3 Å². The Balaban J connectivity index is 1.46. The second-order valence-electron chi connectivity index (χ2n) is 4.77. The first-order valence-corrected chi connectivity index (χ1v) is 7.56. The Labute approximate surface area is 116 Å². The van der Waals surface area contributed by atoms with Gasteiger partial charge in [-0.25, -0.2) is 0 Å². The van der Waals surface area contributed by atoms with Gasteiger partial charge in [-0.15, -0.1) is 11.3 Å². The van der Waals surface area contributed by atoms with E-state index in [4.69, 9.17) is 0 Å². The van der Waals surface area contributed by atoms with Crippen LogP contribution >= 0.6 is 11.3 Å². The van der Waals surface area contributed by atoms with Crippen LogP contribution in [0.4, 0.5) is 0 Å². The minimum atomic E-state index is 0.225. The maximum absolute atomic E-state index is 12.1. The first kappa shape index (κ1) is 12.5. The van der Waals surface area contributed by atoms with Gasteiger partial charge in [-0.05, 0) is 23.4 Å². The van der Waals surface area contributed by atoms with Crippen LogP contribution in [0.2, 0.25) is 0 Å². The van der Waals surface area contributed by atoms with Crippen molar-refractivity contribution in [2.24, 2.45) is 4.99 Å². The maximum Gasteiger partial charge on any atom is 0.224 e. The zero-order chi connectivity index (χ0) is 13.1. The van der Waals surface area contributed by atoms with Gasteiger partial charge in [0.05, 0.1) is 6.54 Å². The number of guanidine groups is 1. The molecule has 2 aliphatic heterocycles. The standard InChI is InChI=1S/C13H18N4OS/c18-12(1-4-14-13-15-5-6-16-13)17-7-2-11-10(9-17)3-8-19-11/h3,8H,1-2,4-7,9H2,(H2,14,15,16). The summed E-state index contributed by atoms with van der Waals surface area (Å²) in [4.78, 5) is 19.8. The molecular weight excluding hydrogens is 260 g/mol. The van der Waals surface area contributed by atoms with E-state index < -0.39 is 0 Å². The highest BCUT2D eigenvalue weighted by molar-refractivity contribution is 7.10. The third-order valence-corrected chi connectivity index (χ3v) is 4.49. The van der Waals surface area contributed by atoms with Gasteiger partial charge < -0.3 is 15.5 Å². The minimum Gasteiger partial charge on any atom is -0.356 e. The normalized spacial score (nSPS) is 17.7. The number of nitrogens with one attached hydrogen (secondary N) is 2. The fraction of sp³-hybridized carbons (Fsp3) is 0.538. The molecule has 0 aromatic carbocycles. The van der Waals surface area contributed by atoms with Crippen molar-refractivity contribution in [1.29, 1.82) is 0 Å². The summed E-state index contributed by atoms with van der Waals surface area (Å²) in [6.45, 7) is 3.99. The first-order valence-electron chi connectivity index (χ1n) is 6.68. The Hall–Kier alpha value is -1.56. The fourth-order valence-electron chi connectivity index (χ4n) is 2.42. The van der Waals surface area contributed by atoms with Crippen molar-refractivity contribution in [3.63, 3.8) is 0 Å². The van der Waals surface area contributed by atoms with Crippen molar-refractivity contribution in [2.75, 3.05) is 26.2 Å². The average Bonchev–Trinajstić information content (AvgIpc) is 3.08. The largest absolute Gasteiger partial charge is 0.356 e. The van der Waals surface area contributed by atoms with Gasteiger partial charge in [0.15, 0.2) is 5.96 Å². The highest BCUT2D eigenvalue weighted by Gasteiger charge is 2.21. The van der Waals surface area contributed by atoms with Crippen molar-refractivity contribution in [3.05, 3.63) is 21.9 Å². The van der Waals surface area contributed by atoms with Crippen molar-refractivity contribution in [2.45, 2.75) is 19.4 Å². The number of carbonyl (C=O) groups excluding carboxylic acids is 1. The van der Waals surface area contributed by atoms with Crippen molar-refractivity contribution in [3.8, 4) is 0 Å². The topological polar surface area (TPSA) is 56.7 Å². The van der Waals surface area contributed by atoms with Crippen molar-refractivity contribution < 1.29 is 4.79 Å². The number of hydrogen-bond donors (Lipinski definition) is 2. The smallest absolute Gasteiger partial charge is 0.224 e. The second-order valence-corrected chi connectivity index (χ2v) is 5.77. The zero-order valence-corrected chi connectivity index (χ0v) is 11.6. The van der Waals surface area contributed by atoms with E-state index in [-0.39, 0.29) is 5.91 Å². The molecule has 1 amide bonds. The van der Waals surface area contributed by atoms with Gasteiger partial charge >= 0.3 is 0 Å². The van der Waals surface area contributed by atoms with Gasteiger partial charge in [0.2, 0.25) is 5.91 Å². The Morgan fingerprint density at radius 3 is 3.37 bits per heavy atom. The van der Waals surface area contributed by atoms with E-state index in [2.05, 4.69) is 27.1 Å². The molecule has 0 aliphatic carbocycles. The summed E-state index contributed by atoms with van der Waals surface area (Å²) < 4.78 is 0. The highest BCUT2D eigenvalue weighted by Crippen LogP contribution is 2.24. The molecule has 0 saturated heterocycles. The fourth-order valence-corrected chi connectivity index (χ4v) is 3.31. The molecule has 0 saturated carbocycles. The third kappa shape index (κ3) is 2.89. The summed E-state index contributed by atoms with van der Waals surface area (Å²) in [5.41, 5.74) is 1.32. The van der Waals surface area contributed by atoms with Gasteiger partial charge in [-0.2, -0.15) is 0 Å². The second kappa shape index (κ2) is 5.61. The molecule has 3 rings (SSSR count). The molecule has 102 valence electrons. The number of fused-ring (bicyclic) bond motifs is 1. The molecule has 2 N–H and O–H groups in total. The molecule has 6 heteroatoms. The molecular formula is C13H18N4OS. The van der Waals surface area contributed by atoms with Crippen molar-refractivity contribution >= 4 is 23.2 Å². The molecule has 0 spiro atoms. The van der Waals surface area contributed by atoms with Gasteiger partial charge in [0, 0.05) is 37.5 Å². The summed E-state index contributed by atoms with van der Waals surface area (Å²) in [6, 6.07) is 2.13. The van der Waals surface area contributed by atoms with Crippen LogP contribution in [0.1, 0.15) is 16.9 Å². The molecule has 0 atom stereocenters. The first-order chi connectivity index (χ1) is 9.33. The number of carbonyl (C=O) groups is 1. The van der Waals surface area contributed by atoms with E-state index >= 15 is 0 Å². The van der Waals surface area contributed by atoms with Crippen LogP contribution < -0.4 is 10.6 Å². The summed E-state index contributed by atoms with van der Waals surface area (Å²) in [5, 5.41) is 8.41. The number of rotatable bonds is 3. The van der Waals surface area contributed by atoms with E-state index in [1.165, 1.54) is 10.4 Å². The lowest BCUT2D eigenvalue weighted by Crippen LogP contribution is -2.39. The van der Waals surface area contributed by atoms with Crippen molar-refractivity contribution in [1.82, 2.24) is 15.5 Å². The van der Waals surface area contributed by atoms with Crippen LogP contribution in [-0.4, -0.2) is 42.9 Å². The predicted molar refractivity (Wildman–Crippen MR) is 76.4 cm³/mol. The van der Waals surface area contributed by atoms with Gasteiger partial charge in [-0.3, -0.25) is 9.79 Å². The van der Waals surface area contributed by atoms with Crippen LogP contribution in [-0.2, 0) is 17.8 Å². The monoisotopic (exact) mass is 278 g/mol. The predicted octanol–water partition coefficient (Wildman–Crippen LogP) is 0.572. The summed E-state index contributed by atoms with van der Waals surface area (Å²) in [7, 11) is 0. The number of thiophene rings is 1.